The van der Waals surface area contributed by atoms with E-state index < -0.39 is 16.1 Å². The van der Waals surface area contributed by atoms with Crippen molar-refractivity contribution in [3.8, 4) is 0 Å². The largest absolute Gasteiger partial charge is 0.394 e. The molecule has 0 bridgehead atoms. The molecular weight excluding hydrogens is 388 g/mol. The Morgan fingerprint density at radius 2 is 1.63 bits per heavy atom. The van der Waals surface area contributed by atoms with Crippen LogP contribution < -0.4 is 10.0 Å². The molecule has 2 rings (SSSR count). The second kappa shape index (κ2) is 10.9. The first-order valence-corrected chi connectivity index (χ1v) is 11.0. The predicted octanol–water partition coefficient (Wildman–Crippen LogP) is 2.27. The summed E-state index contributed by atoms with van der Waals surface area (Å²) in [6.07, 6.45) is 2.85. The molecule has 0 spiro atoms. The molecule has 4 N–H and O–H groups in total. The summed E-state index contributed by atoms with van der Waals surface area (Å²) in [6.45, 7) is 1.29. The van der Waals surface area contributed by atoms with Crippen LogP contribution in [0, 0.1) is 0 Å². The minimum atomic E-state index is -3.59. The normalized spacial score (nSPS) is 13.1. The van der Waals surface area contributed by atoms with E-state index in [2.05, 4.69) is 10.0 Å². The number of unbranched alkanes of at least 4 members (excludes halogenated alkanes) is 3. The molecule has 0 fully saturated rings. The van der Waals surface area contributed by atoms with E-state index in [-0.39, 0.29) is 11.5 Å². The molecule has 0 saturated heterocycles. The van der Waals surface area contributed by atoms with Crippen molar-refractivity contribution in [3.63, 3.8) is 0 Å². The molecular formula is C19H27ClN2O4S. The Morgan fingerprint density at radius 3 is 2.37 bits per heavy atom. The van der Waals surface area contributed by atoms with E-state index in [9.17, 15) is 13.5 Å². The number of hydrogen-bond acceptors (Lipinski definition) is 5. The van der Waals surface area contributed by atoms with E-state index in [0.717, 1.165) is 37.6 Å². The molecule has 0 aliphatic carbocycles. The highest BCUT2D eigenvalue weighted by Gasteiger charge is 2.17. The third kappa shape index (κ3) is 6.71. The van der Waals surface area contributed by atoms with Gasteiger partial charge in [0.25, 0.3) is 0 Å². The Morgan fingerprint density at radius 1 is 0.963 bits per heavy atom. The van der Waals surface area contributed by atoms with E-state index in [4.69, 9.17) is 16.7 Å². The fourth-order valence-corrected chi connectivity index (χ4v) is 4.35. The Kier molecular flexibility index (Phi) is 8.95. The first kappa shape index (κ1) is 22.1. The summed E-state index contributed by atoms with van der Waals surface area (Å²) < 4.78 is 27.9. The van der Waals surface area contributed by atoms with Gasteiger partial charge in [0.1, 0.15) is 0 Å². The highest BCUT2D eigenvalue weighted by atomic mass is 35.5. The lowest BCUT2D eigenvalue weighted by Crippen LogP contribution is -2.29. The SMILES string of the molecule is O=S(=O)(NCCCCCCNCC(O)CO)c1cccc2c(Cl)cccc12. The summed E-state index contributed by atoms with van der Waals surface area (Å²) >= 11 is 6.16. The van der Waals surface area contributed by atoms with Crippen molar-refractivity contribution < 1.29 is 18.6 Å². The van der Waals surface area contributed by atoms with Crippen LogP contribution in [-0.2, 0) is 10.0 Å². The number of benzene rings is 2. The summed E-state index contributed by atoms with van der Waals surface area (Å²) in [4.78, 5) is 0.245. The number of aliphatic hydroxyl groups excluding tert-OH is 2. The van der Waals surface area contributed by atoms with Crippen molar-refractivity contribution in [2.75, 3.05) is 26.2 Å². The molecule has 8 heteroatoms. The molecule has 2 aromatic rings. The van der Waals surface area contributed by atoms with Crippen LogP contribution in [0.25, 0.3) is 10.8 Å². The van der Waals surface area contributed by atoms with Gasteiger partial charge < -0.3 is 15.5 Å². The van der Waals surface area contributed by atoms with Gasteiger partial charge in [0, 0.05) is 28.9 Å². The first-order chi connectivity index (χ1) is 13.0. The standard InChI is InChI=1S/C19H27ClN2O4S/c20-18-9-5-8-17-16(18)7-6-10-19(17)27(25,26)22-12-4-2-1-3-11-21-13-15(24)14-23/h5-10,15,21-24H,1-4,11-14H2. The molecule has 0 saturated carbocycles. The van der Waals surface area contributed by atoms with Crippen molar-refractivity contribution in [2.24, 2.45) is 0 Å². The second-order valence-electron chi connectivity index (χ2n) is 6.44. The number of aliphatic hydroxyl groups is 2. The highest BCUT2D eigenvalue weighted by molar-refractivity contribution is 7.89. The molecule has 1 unspecified atom stereocenters. The molecule has 1 atom stereocenters. The van der Waals surface area contributed by atoms with Crippen LogP contribution in [0.4, 0.5) is 0 Å². The van der Waals surface area contributed by atoms with Crippen LogP contribution in [0.5, 0.6) is 0 Å². The summed E-state index contributed by atoms with van der Waals surface area (Å²) in [5.41, 5.74) is 0. The zero-order chi connectivity index (χ0) is 19.7. The lowest BCUT2D eigenvalue weighted by molar-refractivity contribution is 0.0945. The van der Waals surface area contributed by atoms with Crippen molar-refractivity contribution in [1.29, 1.82) is 0 Å². The topological polar surface area (TPSA) is 98.7 Å². The number of halogens is 1. The molecule has 27 heavy (non-hydrogen) atoms. The van der Waals surface area contributed by atoms with Gasteiger partial charge in [0.05, 0.1) is 17.6 Å². The second-order valence-corrected chi connectivity index (χ2v) is 8.59. The molecule has 150 valence electrons. The molecule has 2 aromatic carbocycles. The Hall–Kier alpha value is -1.22. The Labute approximate surface area is 165 Å². The van der Waals surface area contributed by atoms with E-state index in [0.29, 0.717) is 23.5 Å². The van der Waals surface area contributed by atoms with Gasteiger partial charge in [0.15, 0.2) is 0 Å². The van der Waals surface area contributed by atoms with Gasteiger partial charge >= 0.3 is 0 Å². The number of fused-ring (bicyclic) bond motifs is 1. The van der Waals surface area contributed by atoms with Gasteiger partial charge in [-0.1, -0.05) is 48.7 Å². The monoisotopic (exact) mass is 414 g/mol. The quantitative estimate of drug-likeness (QED) is 0.399. The molecule has 0 amide bonds. The molecule has 0 heterocycles. The molecule has 0 aliphatic heterocycles. The lowest BCUT2D eigenvalue weighted by atomic mass is 10.1. The molecule has 0 aliphatic rings. The maximum Gasteiger partial charge on any atom is 0.241 e. The average Bonchev–Trinajstić information content (AvgIpc) is 2.66. The van der Waals surface area contributed by atoms with Gasteiger partial charge in [-0.25, -0.2) is 13.1 Å². The Bertz CT molecular complexity index is 830. The third-order valence-corrected chi connectivity index (χ3v) is 6.13. The van der Waals surface area contributed by atoms with Crippen molar-refractivity contribution in [3.05, 3.63) is 41.4 Å². The zero-order valence-electron chi connectivity index (χ0n) is 15.2. The van der Waals surface area contributed by atoms with Crippen LogP contribution in [0.15, 0.2) is 41.3 Å². The van der Waals surface area contributed by atoms with Crippen LogP contribution in [0.3, 0.4) is 0 Å². The smallest absolute Gasteiger partial charge is 0.241 e. The van der Waals surface area contributed by atoms with Crippen LogP contribution >= 0.6 is 11.6 Å². The number of nitrogens with one attached hydrogen (secondary N) is 2. The number of sulfonamides is 1. The molecule has 6 nitrogen and oxygen atoms in total. The number of hydrogen-bond donors (Lipinski definition) is 4. The van der Waals surface area contributed by atoms with Crippen molar-refractivity contribution in [1.82, 2.24) is 10.0 Å². The van der Waals surface area contributed by atoms with Crippen LogP contribution in [-0.4, -0.2) is 51.0 Å². The average molecular weight is 415 g/mol. The van der Waals surface area contributed by atoms with Gasteiger partial charge in [0.2, 0.25) is 10.0 Å². The highest BCUT2D eigenvalue weighted by Crippen LogP contribution is 2.28. The lowest BCUT2D eigenvalue weighted by Gasteiger charge is -2.10. The van der Waals surface area contributed by atoms with E-state index in [1.54, 1.807) is 30.3 Å². The summed E-state index contributed by atoms with van der Waals surface area (Å²) in [6, 6.07) is 10.3. The number of rotatable bonds is 12. The maximum absolute atomic E-state index is 12.6. The molecule has 0 aromatic heterocycles. The van der Waals surface area contributed by atoms with E-state index in [1.165, 1.54) is 0 Å². The van der Waals surface area contributed by atoms with Gasteiger partial charge in [-0.3, -0.25) is 0 Å². The van der Waals surface area contributed by atoms with Crippen LogP contribution in [0.1, 0.15) is 25.7 Å². The summed E-state index contributed by atoms with van der Waals surface area (Å²) in [7, 11) is -3.59. The van der Waals surface area contributed by atoms with Crippen LogP contribution in [0.2, 0.25) is 5.02 Å². The summed E-state index contributed by atoms with van der Waals surface area (Å²) in [5, 5.41) is 22.8. The van der Waals surface area contributed by atoms with Crippen molar-refractivity contribution in [2.45, 2.75) is 36.7 Å². The maximum atomic E-state index is 12.6. The fraction of sp³-hybridized carbons (Fsp3) is 0.474. The minimum Gasteiger partial charge on any atom is -0.394 e. The summed E-state index contributed by atoms with van der Waals surface area (Å²) in [5.74, 6) is 0. The third-order valence-electron chi connectivity index (χ3n) is 4.28. The van der Waals surface area contributed by atoms with Gasteiger partial charge in [-0.05, 0) is 31.5 Å². The molecule has 0 radical (unpaired) electrons. The van der Waals surface area contributed by atoms with Gasteiger partial charge in [-0.2, -0.15) is 0 Å². The van der Waals surface area contributed by atoms with Gasteiger partial charge in [-0.15, -0.1) is 0 Å². The first-order valence-electron chi connectivity index (χ1n) is 9.12. The fourth-order valence-electron chi connectivity index (χ4n) is 2.82. The zero-order valence-corrected chi connectivity index (χ0v) is 16.8. The minimum absolute atomic E-state index is 0.240. The van der Waals surface area contributed by atoms with E-state index in [1.807, 2.05) is 6.07 Å². The van der Waals surface area contributed by atoms with E-state index >= 15 is 0 Å². The Balaban J connectivity index is 1.76. The van der Waals surface area contributed by atoms with Crippen molar-refractivity contribution >= 4 is 32.4 Å². The predicted molar refractivity (Wildman–Crippen MR) is 109 cm³/mol.